The van der Waals surface area contributed by atoms with Crippen molar-refractivity contribution in [3.8, 4) is 11.1 Å². The molecule has 7 rings (SSSR count). The Balaban J connectivity index is 1.04. The summed E-state index contributed by atoms with van der Waals surface area (Å²) in [4.78, 5) is 42.4. The van der Waals surface area contributed by atoms with Gasteiger partial charge in [-0.15, -0.1) is 0 Å². The van der Waals surface area contributed by atoms with E-state index < -0.39 is 24.3 Å². The number of likely N-dealkylation sites (N-methyl/N-ethyl adjacent to an activating group) is 1. The number of nitrogens with zero attached hydrogens (tertiary/aromatic N) is 2. The lowest BCUT2D eigenvalue weighted by atomic mass is 9.97. The third-order valence-electron chi connectivity index (χ3n) is 10.6. The SMILES string of the molecule is C[C@@H](c1ccccc1)N(C)C[C@@H]1C[C@H](c2ccc(CO)cc2)O[C@H](c2ccc(-c3ccccc3CN3C(=O)CC(NC(=O)OCc4ccccc4)C3=O)cc2)O1. The molecule has 2 aliphatic heterocycles. The van der Waals surface area contributed by atoms with Crippen molar-refractivity contribution in [3.05, 3.63) is 167 Å². The number of aliphatic hydroxyl groups is 1. The predicted molar refractivity (Wildman–Crippen MR) is 212 cm³/mol. The Labute approximate surface area is 327 Å². The number of aliphatic hydroxyl groups excluding tert-OH is 1. The molecular weight excluding hydrogens is 707 g/mol. The number of likely N-dealkylation sites (tertiary alicyclic amines) is 1. The molecule has 56 heavy (non-hydrogen) atoms. The van der Waals surface area contributed by atoms with E-state index in [1.54, 1.807) is 0 Å². The minimum Gasteiger partial charge on any atom is -0.445 e. The maximum atomic E-state index is 13.4. The summed E-state index contributed by atoms with van der Waals surface area (Å²) < 4.78 is 18.6. The molecule has 3 amide bonds. The highest BCUT2D eigenvalue weighted by atomic mass is 16.7. The van der Waals surface area contributed by atoms with Crippen LogP contribution in [0.4, 0.5) is 4.79 Å². The summed E-state index contributed by atoms with van der Waals surface area (Å²) in [5.41, 5.74) is 7.36. The number of amides is 3. The van der Waals surface area contributed by atoms with Crippen molar-refractivity contribution >= 4 is 17.9 Å². The van der Waals surface area contributed by atoms with Crippen LogP contribution in [-0.4, -0.2) is 58.6 Å². The lowest BCUT2D eigenvalue weighted by Gasteiger charge is -2.39. The molecule has 0 saturated carbocycles. The summed E-state index contributed by atoms with van der Waals surface area (Å²) in [6.45, 7) is 3.00. The van der Waals surface area contributed by atoms with Crippen molar-refractivity contribution in [1.29, 1.82) is 0 Å². The van der Waals surface area contributed by atoms with Crippen LogP contribution in [0.2, 0.25) is 0 Å². The first-order valence-electron chi connectivity index (χ1n) is 19.0. The van der Waals surface area contributed by atoms with Gasteiger partial charge >= 0.3 is 6.09 Å². The number of carbonyl (C=O) groups is 3. The van der Waals surface area contributed by atoms with Crippen LogP contribution in [0.25, 0.3) is 11.1 Å². The maximum Gasteiger partial charge on any atom is 0.408 e. The van der Waals surface area contributed by atoms with Gasteiger partial charge in [0.05, 0.1) is 31.8 Å². The summed E-state index contributed by atoms with van der Waals surface area (Å²) in [5, 5.41) is 12.2. The molecule has 2 saturated heterocycles. The van der Waals surface area contributed by atoms with Crippen LogP contribution in [0.15, 0.2) is 133 Å². The van der Waals surface area contributed by atoms with E-state index in [1.165, 1.54) is 10.5 Å². The molecule has 0 bridgehead atoms. The van der Waals surface area contributed by atoms with E-state index in [0.29, 0.717) is 13.0 Å². The second-order valence-corrected chi connectivity index (χ2v) is 14.4. The maximum absolute atomic E-state index is 13.4. The second kappa shape index (κ2) is 17.9. The number of carbonyl (C=O) groups excluding carboxylic acids is 3. The highest BCUT2D eigenvalue weighted by molar-refractivity contribution is 6.06. The number of hydrogen-bond donors (Lipinski definition) is 2. The number of rotatable bonds is 13. The number of benzene rings is 5. The minimum atomic E-state index is -0.991. The van der Waals surface area contributed by atoms with E-state index in [1.807, 2.05) is 109 Å². The monoisotopic (exact) mass is 753 g/mol. The average Bonchev–Trinajstić information content (AvgIpc) is 3.50. The van der Waals surface area contributed by atoms with Crippen LogP contribution in [0, 0.1) is 0 Å². The van der Waals surface area contributed by atoms with Crippen molar-refractivity contribution < 1.29 is 33.7 Å². The molecule has 5 aromatic rings. The van der Waals surface area contributed by atoms with Crippen LogP contribution < -0.4 is 5.32 Å². The molecule has 1 unspecified atom stereocenters. The quantitative estimate of drug-likeness (QED) is 0.118. The van der Waals surface area contributed by atoms with Gasteiger partial charge in [0, 0.05) is 24.6 Å². The van der Waals surface area contributed by atoms with Crippen LogP contribution in [0.5, 0.6) is 0 Å². The molecule has 0 spiro atoms. The van der Waals surface area contributed by atoms with Gasteiger partial charge in [0.15, 0.2) is 6.29 Å². The second-order valence-electron chi connectivity index (χ2n) is 14.4. The van der Waals surface area contributed by atoms with Gasteiger partial charge in [0.25, 0.3) is 5.91 Å². The van der Waals surface area contributed by atoms with E-state index in [9.17, 15) is 19.5 Å². The van der Waals surface area contributed by atoms with Crippen molar-refractivity contribution in [1.82, 2.24) is 15.1 Å². The molecule has 5 aromatic carbocycles. The third-order valence-corrected chi connectivity index (χ3v) is 10.6. The van der Waals surface area contributed by atoms with Gasteiger partial charge in [-0.25, -0.2) is 4.79 Å². The van der Waals surface area contributed by atoms with E-state index in [4.69, 9.17) is 14.2 Å². The lowest BCUT2D eigenvalue weighted by molar-refractivity contribution is -0.253. The molecule has 2 aliphatic rings. The van der Waals surface area contributed by atoms with Crippen LogP contribution in [0.3, 0.4) is 0 Å². The molecule has 2 fully saturated rings. The van der Waals surface area contributed by atoms with Crippen molar-refractivity contribution in [3.63, 3.8) is 0 Å². The normalized spacial score (nSPS) is 20.2. The minimum absolute atomic E-state index is 0.0216. The van der Waals surface area contributed by atoms with E-state index in [0.717, 1.165) is 38.9 Å². The van der Waals surface area contributed by atoms with E-state index in [2.05, 4.69) is 48.5 Å². The number of ether oxygens (including phenoxy) is 3. The van der Waals surface area contributed by atoms with Crippen LogP contribution in [-0.2, 0) is 43.6 Å². The standard InChI is InChI=1S/C46H47N3O7/c1-31(34-13-7-4-8-14-34)48(2)28-39-25-42(36-19-17-32(29-50)18-20-36)56-45(55-39)37-23-21-35(22-24-37)40-16-10-9-15-38(40)27-49-43(51)26-41(44(49)52)47-46(53)54-30-33-11-5-3-6-12-33/h3-24,31,39,41-42,45,50H,25-30H2,1-2H3,(H,47,53)/t31-,39-,41?,42+,45+/m0/s1. The Bertz CT molecular complexity index is 2090. The molecular formula is C46H47N3O7. The number of imide groups is 1. The molecule has 2 N–H and O–H groups in total. The first-order chi connectivity index (χ1) is 27.2. The Morgan fingerprint density at radius 2 is 1.50 bits per heavy atom. The first kappa shape index (κ1) is 38.6. The summed E-state index contributed by atoms with van der Waals surface area (Å²) in [5.74, 6) is -0.832. The van der Waals surface area contributed by atoms with Gasteiger partial charge in [-0.2, -0.15) is 0 Å². The molecule has 2 heterocycles. The van der Waals surface area contributed by atoms with E-state index in [-0.39, 0.29) is 50.3 Å². The molecule has 0 aliphatic carbocycles. The Morgan fingerprint density at radius 1 is 0.839 bits per heavy atom. The Kier molecular flexibility index (Phi) is 12.3. The molecule has 10 heteroatoms. The third kappa shape index (κ3) is 9.23. The summed E-state index contributed by atoms with van der Waals surface area (Å²) >= 11 is 0. The van der Waals surface area contributed by atoms with Crippen molar-refractivity contribution in [2.45, 2.75) is 70.1 Å². The Hall–Kier alpha value is -5.65. The van der Waals surface area contributed by atoms with Crippen LogP contribution >= 0.6 is 0 Å². The topological polar surface area (TPSA) is 118 Å². The first-order valence-corrected chi connectivity index (χ1v) is 19.0. The van der Waals surface area contributed by atoms with Crippen molar-refractivity contribution in [2.24, 2.45) is 0 Å². The van der Waals surface area contributed by atoms with Gasteiger partial charge < -0.3 is 24.6 Å². The number of hydrogen-bond acceptors (Lipinski definition) is 8. The fraction of sp³-hybridized carbons (Fsp3) is 0.283. The zero-order chi connectivity index (χ0) is 39.0. The summed E-state index contributed by atoms with van der Waals surface area (Å²) in [6, 6.07) is 42.4. The highest BCUT2D eigenvalue weighted by Gasteiger charge is 2.40. The van der Waals surface area contributed by atoms with Gasteiger partial charge in [0.1, 0.15) is 12.6 Å². The fourth-order valence-corrected chi connectivity index (χ4v) is 7.30. The van der Waals surface area contributed by atoms with Gasteiger partial charge in [-0.05, 0) is 52.9 Å². The number of alkyl carbamates (subject to hydrolysis) is 1. The summed E-state index contributed by atoms with van der Waals surface area (Å²) in [7, 11) is 2.11. The predicted octanol–water partition coefficient (Wildman–Crippen LogP) is 7.64. The summed E-state index contributed by atoms with van der Waals surface area (Å²) in [6.07, 6.45) is -1.17. The lowest BCUT2D eigenvalue weighted by Crippen LogP contribution is -2.41. The largest absolute Gasteiger partial charge is 0.445 e. The zero-order valence-corrected chi connectivity index (χ0v) is 31.6. The smallest absolute Gasteiger partial charge is 0.408 e. The van der Waals surface area contributed by atoms with Crippen molar-refractivity contribution in [2.75, 3.05) is 13.6 Å². The number of nitrogens with one attached hydrogen (secondary N) is 1. The average molecular weight is 754 g/mol. The van der Waals surface area contributed by atoms with Gasteiger partial charge in [0.2, 0.25) is 5.91 Å². The molecule has 10 nitrogen and oxygen atoms in total. The van der Waals surface area contributed by atoms with Crippen LogP contribution in [0.1, 0.15) is 71.6 Å². The fourth-order valence-electron chi connectivity index (χ4n) is 7.30. The zero-order valence-electron chi connectivity index (χ0n) is 31.6. The van der Waals surface area contributed by atoms with E-state index >= 15 is 0 Å². The molecule has 5 atom stereocenters. The van der Waals surface area contributed by atoms with Gasteiger partial charge in [-0.1, -0.05) is 133 Å². The Morgan fingerprint density at radius 3 is 2.21 bits per heavy atom. The molecule has 0 aromatic heterocycles. The van der Waals surface area contributed by atoms with Gasteiger partial charge in [-0.3, -0.25) is 19.4 Å². The highest BCUT2D eigenvalue weighted by Crippen LogP contribution is 2.39. The molecule has 288 valence electrons. The molecule has 0 radical (unpaired) electrons.